The van der Waals surface area contributed by atoms with Crippen LogP contribution in [0.5, 0.6) is 5.75 Å². The van der Waals surface area contributed by atoms with Gasteiger partial charge < -0.3 is 9.84 Å². The Bertz CT molecular complexity index is 874. The number of aliphatic hydroxyl groups excluding tert-OH is 1. The third kappa shape index (κ3) is 4.88. The molecule has 26 heavy (non-hydrogen) atoms. The zero-order valence-corrected chi connectivity index (χ0v) is 14.2. The van der Waals surface area contributed by atoms with Crippen LogP contribution in [0.15, 0.2) is 67.3 Å². The summed E-state index contributed by atoms with van der Waals surface area (Å²) in [5.74, 6) is 0.693. The van der Waals surface area contributed by atoms with E-state index in [-0.39, 0.29) is 6.61 Å². The summed E-state index contributed by atoms with van der Waals surface area (Å²) in [5, 5.41) is 19.0. The van der Waals surface area contributed by atoms with Crippen molar-refractivity contribution in [2.45, 2.75) is 18.9 Å². The monoisotopic (exact) mass is 345 g/mol. The summed E-state index contributed by atoms with van der Waals surface area (Å²) in [6.45, 7) is 0.241. The van der Waals surface area contributed by atoms with Crippen LogP contribution in [0.25, 0.3) is 11.1 Å². The fourth-order valence-electron chi connectivity index (χ4n) is 2.56. The highest BCUT2D eigenvalue weighted by atomic mass is 16.5. The van der Waals surface area contributed by atoms with Gasteiger partial charge in [0.15, 0.2) is 0 Å². The minimum atomic E-state index is -0.536. The predicted molar refractivity (Wildman–Crippen MR) is 98.4 cm³/mol. The number of ether oxygens (including phenoxy) is 1. The molecule has 130 valence electrons. The molecule has 0 amide bonds. The summed E-state index contributed by atoms with van der Waals surface area (Å²) in [4.78, 5) is 8.13. The topological polar surface area (TPSA) is 79.0 Å². The first-order valence-electron chi connectivity index (χ1n) is 8.40. The third-order valence-electron chi connectivity index (χ3n) is 3.99. The summed E-state index contributed by atoms with van der Waals surface area (Å²) in [6.07, 6.45) is 7.65. The van der Waals surface area contributed by atoms with Gasteiger partial charge in [-0.15, -0.1) is 0 Å². The first-order valence-corrected chi connectivity index (χ1v) is 8.40. The van der Waals surface area contributed by atoms with Gasteiger partial charge in [0.2, 0.25) is 0 Å². The lowest BCUT2D eigenvalue weighted by Gasteiger charge is -2.12. The third-order valence-corrected chi connectivity index (χ3v) is 3.99. The summed E-state index contributed by atoms with van der Waals surface area (Å²) < 4.78 is 5.66. The quantitative estimate of drug-likeness (QED) is 0.710. The van der Waals surface area contributed by atoms with Gasteiger partial charge in [-0.2, -0.15) is 5.26 Å². The largest absolute Gasteiger partial charge is 0.491 e. The molecular formula is C21H19N3O2. The van der Waals surface area contributed by atoms with Gasteiger partial charge in [-0.05, 0) is 48.2 Å². The van der Waals surface area contributed by atoms with Gasteiger partial charge in [0.1, 0.15) is 18.4 Å². The van der Waals surface area contributed by atoms with Crippen LogP contribution in [-0.2, 0) is 6.42 Å². The molecule has 0 spiro atoms. The molecule has 0 saturated carbocycles. The molecule has 0 saturated heterocycles. The number of nitrogens with zero attached hydrogens (tertiary/aromatic N) is 3. The fourth-order valence-corrected chi connectivity index (χ4v) is 2.56. The number of rotatable bonds is 7. The zero-order valence-electron chi connectivity index (χ0n) is 14.2. The van der Waals surface area contributed by atoms with E-state index in [9.17, 15) is 5.11 Å². The second kappa shape index (κ2) is 8.75. The Morgan fingerprint density at radius 3 is 2.62 bits per heavy atom. The van der Waals surface area contributed by atoms with Crippen molar-refractivity contribution in [3.8, 4) is 22.9 Å². The highest BCUT2D eigenvalue weighted by molar-refractivity contribution is 5.64. The lowest BCUT2D eigenvalue weighted by Crippen LogP contribution is -2.18. The van der Waals surface area contributed by atoms with Gasteiger partial charge in [0.05, 0.1) is 11.7 Å². The van der Waals surface area contributed by atoms with Crippen LogP contribution in [0, 0.1) is 11.3 Å². The van der Waals surface area contributed by atoms with Gasteiger partial charge in [-0.25, -0.2) is 0 Å². The Labute approximate surface area is 152 Å². The molecule has 2 aromatic heterocycles. The fraction of sp³-hybridized carbons (Fsp3) is 0.190. The highest BCUT2D eigenvalue weighted by Crippen LogP contribution is 2.22. The summed E-state index contributed by atoms with van der Waals surface area (Å²) in [7, 11) is 0. The molecule has 1 unspecified atom stereocenters. The molecule has 0 fully saturated rings. The molecule has 3 rings (SSSR count). The molecule has 0 bridgehead atoms. The van der Waals surface area contributed by atoms with Crippen LogP contribution < -0.4 is 4.74 Å². The van der Waals surface area contributed by atoms with Crippen LogP contribution in [0.3, 0.4) is 0 Å². The van der Waals surface area contributed by atoms with Gasteiger partial charge in [-0.1, -0.05) is 18.2 Å². The first kappa shape index (κ1) is 17.6. The SMILES string of the molecule is N#Cc1cncc(-c2ccc(OCC(O)CCc3cccnc3)cc2)c1. The Kier molecular flexibility index (Phi) is 5.92. The Morgan fingerprint density at radius 2 is 1.88 bits per heavy atom. The summed E-state index contributed by atoms with van der Waals surface area (Å²) >= 11 is 0. The van der Waals surface area contributed by atoms with Crippen molar-refractivity contribution in [3.63, 3.8) is 0 Å². The number of hydrogen-bond acceptors (Lipinski definition) is 5. The van der Waals surface area contributed by atoms with E-state index in [1.165, 1.54) is 6.20 Å². The molecule has 0 aliphatic heterocycles. The number of aryl methyl sites for hydroxylation is 1. The number of nitriles is 1. The molecule has 1 N–H and O–H groups in total. The molecule has 2 heterocycles. The van der Waals surface area contributed by atoms with E-state index in [0.717, 1.165) is 23.1 Å². The van der Waals surface area contributed by atoms with E-state index >= 15 is 0 Å². The van der Waals surface area contributed by atoms with Crippen molar-refractivity contribution in [2.24, 2.45) is 0 Å². The highest BCUT2D eigenvalue weighted by Gasteiger charge is 2.07. The van der Waals surface area contributed by atoms with Crippen molar-refractivity contribution >= 4 is 0 Å². The maximum Gasteiger partial charge on any atom is 0.119 e. The predicted octanol–water partition coefficient (Wildman–Crippen LogP) is 3.39. The number of pyridine rings is 2. The van der Waals surface area contributed by atoms with Crippen LogP contribution in [0.4, 0.5) is 0 Å². The molecule has 5 nitrogen and oxygen atoms in total. The van der Waals surface area contributed by atoms with Crippen molar-refractivity contribution in [3.05, 3.63) is 78.4 Å². The van der Waals surface area contributed by atoms with Gasteiger partial charge in [0, 0.05) is 30.4 Å². The summed E-state index contributed by atoms with van der Waals surface area (Å²) in [6, 6.07) is 15.3. The normalized spacial score (nSPS) is 11.5. The number of benzene rings is 1. The van der Waals surface area contributed by atoms with Crippen molar-refractivity contribution < 1.29 is 9.84 Å². The average Bonchev–Trinajstić information content (AvgIpc) is 2.72. The second-order valence-electron chi connectivity index (χ2n) is 5.96. The maximum atomic E-state index is 10.1. The Hall–Kier alpha value is -3.23. The van der Waals surface area contributed by atoms with Crippen molar-refractivity contribution in [1.82, 2.24) is 9.97 Å². The molecule has 0 aliphatic rings. The van der Waals surface area contributed by atoms with Gasteiger partial charge in [-0.3, -0.25) is 9.97 Å². The number of aliphatic hydroxyl groups is 1. The van der Waals surface area contributed by atoms with Crippen LogP contribution in [0.2, 0.25) is 0 Å². The minimum absolute atomic E-state index is 0.241. The molecule has 3 aromatic rings. The molecule has 5 heteroatoms. The van der Waals surface area contributed by atoms with E-state index in [2.05, 4.69) is 16.0 Å². The van der Waals surface area contributed by atoms with Crippen LogP contribution in [-0.4, -0.2) is 27.8 Å². The van der Waals surface area contributed by atoms with E-state index in [1.54, 1.807) is 18.5 Å². The van der Waals surface area contributed by atoms with Gasteiger partial charge in [0.25, 0.3) is 0 Å². The lowest BCUT2D eigenvalue weighted by atomic mass is 10.1. The molecule has 1 aromatic carbocycles. The number of aromatic nitrogens is 2. The first-order chi connectivity index (χ1) is 12.7. The van der Waals surface area contributed by atoms with Gasteiger partial charge >= 0.3 is 0 Å². The minimum Gasteiger partial charge on any atom is -0.491 e. The van der Waals surface area contributed by atoms with E-state index in [0.29, 0.717) is 17.7 Å². The number of hydrogen-bond donors (Lipinski definition) is 1. The molecular weight excluding hydrogens is 326 g/mol. The molecule has 0 radical (unpaired) electrons. The van der Waals surface area contributed by atoms with Crippen molar-refractivity contribution in [2.75, 3.05) is 6.61 Å². The van der Waals surface area contributed by atoms with Crippen LogP contribution >= 0.6 is 0 Å². The lowest BCUT2D eigenvalue weighted by molar-refractivity contribution is 0.100. The van der Waals surface area contributed by atoms with E-state index in [4.69, 9.17) is 10.00 Å². The van der Waals surface area contributed by atoms with Crippen LogP contribution in [0.1, 0.15) is 17.5 Å². The smallest absolute Gasteiger partial charge is 0.119 e. The standard InChI is InChI=1S/C21H19N3O2/c22-11-17-10-19(14-24-13-17)18-4-7-21(8-5-18)26-15-20(25)6-3-16-2-1-9-23-12-16/h1-2,4-5,7-10,12-14,20,25H,3,6,15H2. The maximum absolute atomic E-state index is 10.1. The van der Waals surface area contributed by atoms with E-state index in [1.807, 2.05) is 42.6 Å². The zero-order chi connectivity index (χ0) is 18.2. The average molecular weight is 345 g/mol. The summed E-state index contributed by atoms with van der Waals surface area (Å²) in [5.41, 5.74) is 3.47. The molecule has 1 atom stereocenters. The van der Waals surface area contributed by atoms with E-state index < -0.39 is 6.10 Å². The second-order valence-corrected chi connectivity index (χ2v) is 5.96. The van der Waals surface area contributed by atoms with Crippen molar-refractivity contribution in [1.29, 1.82) is 5.26 Å². The Morgan fingerprint density at radius 1 is 1.04 bits per heavy atom. The Balaban J connectivity index is 1.52. The molecule has 0 aliphatic carbocycles.